The van der Waals surface area contributed by atoms with Crippen molar-refractivity contribution in [2.45, 2.75) is 26.4 Å². The number of hydrogen-bond acceptors (Lipinski definition) is 3. The Hall–Kier alpha value is -2.26. The molecule has 0 saturated heterocycles. The average Bonchev–Trinajstić information content (AvgIpc) is 2.50. The molecule has 1 N–H and O–H groups in total. The molecule has 0 fully saturated rings. The Kier molecular flexibility index (Phi) is 3.67. The molecule has 3 rings (SSSR count). The zero-order valence-electron chi connectivity index (χ0n) is 12.2. The third-order valence-electron chi connectivity index (χ3n) is 3.93. The van der Waals surface area contributed by atoms with E-state index < -0.39 is 6.10 Å². The van der Waals surface area contributed by atoms with E-state index in [1.165, 1.54) is 16.7 Å². The second kappa shape index (κ2) is 5.62. The molecule has 0 amide bonds. The predicted octanol–water partition coefficient (Wildman–Crippen LogP) is 3.52. The van der Waals surface area contributed by atoms with Crippen LogP contribution in [0.3, 0.4) is 0 Å². The predicted molar refractivity (Wildman–Crippen MR) is 84.1 cm³/mol. The van der Waals surface area contributed by atoms with Crippen LogP contribution in [0, 0.1) is 13.8 Å². The molecule has 0 saturated carbocycles. The number of fused-ring (bicyclic) bond motifs is 1. The molecule has 1 atom stereocenters. The Balaban J connectivity index is 2.00. The number of aryl methyl sites for hydroxylation is 2. The molecule has 0 aliphatic heterocycles. The van der Waals surface area contributed by atoms with E-state index in [0.29, 0.717) is 6.42 Å². The van der Waals surface area contributed by atoms with Crippen LogP contribution in [0.1, 0.15) is 28.4 Å². The van der Waals surface area contributed by atoms with Gasteiger partial charge < -0.3 is 5.11 Å². The fourth-order valence-corrected chi connectivity index (χ4v) is 2.76. The van der Waals surface area contributed by atoms with Crippen molar-refractivity contribution in [3.8, 4) is 0 Å². The second-order valence-corrected chi connectivity index (χ2v) is 5.36. The maximum Gasteiger partial charge on any atom is 0.0944 e. The molecule has 21 heavy (non-hydrogen) atoms. The number of para-hydroxylation sites is 1. The van der Waals surface area contributed by atoms with Gasteiger partial charge in [0.25, 0.3) is 0 Å². The van der Waals surface area contributed by atoms with E-state index in [0.717, 1.165) is 16.6 Å². The molecule has 3 nitrogen and oxygen atoms in total. The molecule has 1 heterocycles. The van der Waals surface area contributed by atoms with Crippen LogP contribution in [0.25, 0.3) is 11.0 Å². The number of hydrogen-bond donors (Lipinski definition) is 1. The van der Waals surface area contributed by atoms with Crippen molar-refractivity contribution in [3.63, 3.8) is 0 Å². The largest absolute Gasteiger partial charge is 0.388 e. The molecule has 106 valence electrons. The first-order valence-corrected chi connectivity index (χ1v) is 7.09. The summed E-state index contributed by atoms with van der Waals surface area (Å²) in [7, 11) is 0. The van der Waals surface area contributed by atoms with E-state index in [1.54, 1.807) is 12.4 Å². The maximum absolute atomic E-state index is 10.7. The van der Waals surface area contributed by atoms with Crippen LogP contribution >= 0.6 is 0 Å². The van der Waals surface area contributed by atoms with Gasteiger partial charge in [-0.3, -0.25) is 9.97 Å². The number of aliphatic hydroxyl groups excluding tert-OH is 1. The van der Waals surface area contributed by atoms with Crippen molar-refractivity contribution in [1.29, 1.82) is 0 Å². The normalized spacial score (nSPS) is 12.5. The van der Waals surface area contributed by atoms with Gasteiger partial charge in [-0.2, -0.15) is 0 Å². The Labute approximate surface area is 124 Å². The highest BCUT2D eigenvalue weighted by Crippen LogP contribution is 2.26. The summed E-state index contributed by atoms with van der Waals surface area (Å²) < 4.78 is 0. The van der Waals surface area contributed by atoms with Gasteiger partial charge in [-0.25, -0.2) is 0 Å². The summed E-state index contributed by atoms with van der Waals surface area (Å²) in [5.74, 6) is 0. The Bertz CT molecular complexity index is 758. The average molecular weight is 278 g/mol. The molecule has 3 heteroatoms. The lowest BCUT2D eigenvalue weighted by molar-refractivity contribution is 0.179. The van der Waals surface area contributed by atoms with Crippen molar-refractivity contribution in [1.82, 2.24) is 9.97 Å². The fourth-order valence-electron chi connectivity index (χ4n) is 2.76. The van der Waals surface area contributed by atoms with Gasteiger partial charge in [-0.1, -0.05) is 30.3 Å². The number of rotatable bonds is 3. The van der Waals surface area contributed by atoms with Gasteiger partial charge in [0, 0.05) is 24.4 Å². The fraction of sp³-hybridized carbons (Fsp3) is 0.222. The van der Waals surface area contributed by atoms with Crippen LogP contribution in [0.15, 0.2) is 48.8 Å². The van der Waals surface area contributed by atoms with Crippen molar-refractivity contribution < 1.29 is 5.11 Å². The van der Waals surface area contributed by atoms with E-state index in [9.17, 15) is 5.11 Å². The molecular weight excluding hydrogens is 260 g/mol. The Morgan fingerprint density at radius 2 is 1.62 bits per heavy atom. The zero-order valence-corrected chi connectivity index (χ0v) is 12.2. The molecule has 0 radical (unpaired) electrons. The second-order valence-electron chi connectivity index (χ2n) is 5.36. The molecule has 0 bridgehead atoms. The first-order valence-electron chi connectivity index (χ1n) is 7.09. The molecule has 1 aromatic heterocycles. The van der Waals surface area contributed by atoms with Gasteiger partial charge in [0.1, 0.15) is 0 Å². The highest BCUT2D eigenvalue weighted by molar-refractivity contribution is 5.77. The quantitative estimate of drug-likeness (QED) is 0.797. The Morgan fingerprint density at radius 1 is 0.952 bits per heavy atom. The number of nitrogens with zero attached hydrogens (tertiary/aromatic N) is 2. The van der Waals surface area contributed by atoms with Crippen LogP contribution in [-0.4, -0.2) is 15.1 Å². The van der Waals surface area contributed by atoms with E-state index in [4.69, 9.17) is 0 Å². The summed E-state index contributed by atoms with van der Waals surface area (Å²) >= 11 is 0. The lowest BCUT2D eigenvalue weighted by Gasteiger charge is -2.16. The van der Waals surface area contributed by atoms with Crippen molar-refractivity contribution in [2.24, 2.45) is 0 Å². The van der Waals surface area contributed by atoms with Gasteiger partial charge in [0.15, 0.2) is 0 Å². The van der Waals surface area contributed by atoms with E-state index in [2.05, 4.69) is 35.9 Å². The standard InChI is InChI=1S/C18H18N2O/c1-12-5-3-6-13(2)15(12)11-17(21)14-7-4-8-16-18(14)20-10-9-19-16/h3-10,17,21H,11H2,1-2H3. The molecule has 3 aromatic rings. The third kappa shape index (κ3) is 2.65. The molecule has 1 unspecified atom stereocenters. The van der Waals surface area contributed by atoms with Gasteiger partial charge >= 0.3 is 0 Å². The lowest BCUT2D eigenvalue weighted by atomic mass is 9.94. The van der Waals surface area contributed by atoms with Gasteiger partial charge in [-0.15, -0.1) is 0 Å². The number of aromatic nitrogens is 2. The Morgan fingerprint density at radius 3 is 2.38 bits per heavy atom. The van der Waals surface area contributed by atoms with Crippen molar-refractivity contribution in [2.75, 3.05) is 0 Å². The smallest absolute Gasteiger partial charge is 0.0944 e. The topological polar surface area (TPSA) is 46.0 Å². The van der Waals surface area contributed by atoms with Gasteiger partial charge in [0.05, 0.1) is 17.1 Å². The van der Waals surface area contributed by atoms with E-state index in [-0.39, 0.29) is 0 Å². The molecule has 0 spiro atoms. The summed E-state index contributed by atoms with van der Waals surface area (Å²) in [5.41, 5.74) is 6.05. The van der Waals surface area contributed by atoms with E-state index >= 15 is 0 Å². The van der Waals surface area contributed by atoms with Gasteiger partial charge in [-0.05, 0) is 36.6 Å². The van der Waals surface area contributed by atoms with Crippen LogP contribution in [0.4, 0.5) is 0 Å². The third-order valence-corrected chi connectivity index (χ3v) is 3.93. The van der Waals surface area contributed by atoms with Crippen LogP contribution in [-0.2, 0) is 6.42 Å². The SMILES string of the molecule is Cc1cccc(C)c1CC(O)c1cccc2nccnc12. The number of aliphatic hydroxyl groups is 1. The maximum atomic E-state index is 10.7. The lowest BCUT2D eigenvalue weighted by Crippen LogP contribution is -2.06. The summed E-state index contributed by atoms with van der Waals surface area (Å²) in [4.78, 5) is 8.66. The summed E-state index contributed by atoms with van der Waals surface area (Å²) in [6, 6.07) is 12.0. The monoisotopic (exact) mass is 278 g/mol. The minimum Gasteiger partial charge on any atom is -0.388 e. The van der Waals surface area contributed by atoms with E-state index in [1.807, 2.05) is 24.3 Å². The molecule has 2 aromatic carbocycles. The highest BCUT2D eigenvalue weighted by atomic mass is 16.3. The summed E-state index contributed by atoms with van der Waals surface area (Å²) in [6.07, 6.45) is 3.35. The van der Waals surface area contributed by atoms with Gasteiger partial charge in [0.2, 0.25) is 0 Å². The first kappa shape index (κ1) is 13.7. The minimum atomic E-state index is -0.579. The summed E-state index contributed by atoms with van der Waals surface area (Å²) in [6.45, 7) is 4.16. The zero-order chi connectivity index (χ0) is 14.8. The van der Waals surface area contributed by atoms with Crippen molar-refractivity contribution in [3.05, 3.63) is 71.0 Å². The summed E-state index contributed by atoms with van der Waals surface area (Å²) in [5, 5.41) is 10.7. The van der Waals surface area contributed by atoms with Crippen molar-refractivity contribution >= 4 is 11.0 Å². The van der Waals surface area contributed by atoms with Crippen LogP contribution < -0.4 is 0 Å². The molecule has 0 aliphatic rings. The molecule has 0 aliphatic carbocycles. The minimum absolute atomic E-state index is 0.579. The first-order chi connectivity index (χ1) is 10.2. The van der Waals surface area contributed by atoms with Crippen LogP contribution in [0.5, 0.6) is 0 Å². The molecular formula is C18H18N2O. The van der Waals surface area contributed by atoms with Crippen LogP contribution in [0.2, 0.25) is 0 Å². The number of benzene rings is 2. The highest BCUT2D eigenvalue weighted by Gasteiger charge is 2.15.